The molecule has 0 radical (unpaired) electrons. The fraction of sp³-hybridized carbons (Fsp3) is 0.636. The third kappa shape index (κ3) is 2.12. The molecular formula is C11H17NS. The van der Waals surface area contributed by atoms with E-state index in [1.54, 1.807) is 0 Å². The number of thiophene rings is 1. The van der Waals surface area contributed by atoms with Gasteiger partial charge in [0, 0.05) is 21.8 Å². The third-order valence-corrected chi connectivity index (χ3v) is 3.94. The van der Waals surface area contributed by atoms with E-state index in [1.165, 1.54) is 16.2 Å². The van der Waals surface area contributed by atoms with Crippen LogP contribution in [-0.2, 0) is 0 Å². The van der Waals surface area contributed by atoms with Crippen molar-refractivity contribution >= 4 is 11.3 Å². The van der Waals surface area contributed by atoms with Crippen molar-refractivity contribution in [2.24, 2.45) is 5.92 Å². The lowest BCUT2D eigenvalue weighted by Gasteiger charge is -2.10. The molecule has 2 heteroatoms. The number of rotatable bonds is 3. The number of hydrogen-bond acceptors (Lipinski definition) is 2. The Morgan fingerprint density at radius 3 is 2.69 bits per heavy atom. The predicted octanol–water partition coefficient (Wildman–Crippen LogP) is 3.12. The molecule has 1 aromatic heterocycles. The van der Waals surface area contributed by atoms with Crippen LogP contribution in [0.4, 0.5) is 0 Å². The van der Waals surface area contributed by atoms with Crippen LogP contribution in [0.5, 0.6) is 0 Å². The zero-order valence-corrected chi connectivity index (χ0v) is 9.32. The maximum absolute atomic E-state index is 3.64. The maximum atomic E-state index is 3.64. The van der Waals surface area contributed by atoms with E-state index in [2.05, 4.69) is 38.2 Å². The van der Waals surface area contributed by atoms with E-state index in [0.717, 1.165) is 12.0 Å². The minimum atomic E-state index is 0.536. The van der Waals surface area contributed by atoms with E-state index < -0.39 is 0 Å². The Hall–Kier alpha value is -0.340. The first-order chi connectivity index (χ1) is 6.16. The summed E-state index contributed by atoms with van der Waals surface area (Å²) in [5.41, 5.74) is 0. The average Bonchev–Trinajstić information content (AvgIpc) is 2.62. The van der Waals surface area contributed by atoms with Crippen LogP contribution in [0.15, 0.2) is 12.1 Å². The highest BCUT2D eigenvalue weighted by Gasteiger charge is 2.33. The van der Waals surface area contributed by atoms with Gasteiger partial charge in [0.25, 0.3) is 0 Å². The lowest BCUT2D eigenvalue weighted by molar-refractivity contribution is 0.559. The van der Waals surface area contributed by atoms with Gasteiger partial charge in [0.15, 0.2) is 0 Å². The Bertz CT molecular complexity index is 292. The number of aryl methyl sites for hydroxylation is 1. The second kappa shape index (κ2) is 3.43. The van der Waals surface area contributed by atoms with Gasteiger partial charge in [-0.05, 0) is 38.3 Å². The van der Waals surface area contributed by atoms with Crippen LogP contribution >= 0.6 is 11.3 Å². The molecule has 0 bridgehead atoms. The average molecular weight is 195 g/mol. The van der Waals surface area contributed by atoms with Gasteiger partial charge in [0.05, 0.1) is 0 Å². The minimum Gasteiger partial charge on any atom is -0.306 e. The maximum Gasteiger partial charge on any atom is 0.0388 e. The quantitative estimate of drug-likeness (QED) is 0.781. The van der Waals surface area contributed by atoms with Crippen molar-refractivity contribution in [2.75, 3.05) is 0 Å². The largest absolute Gasteiger partial charge is 0.306 e. The molecule has 0 amide bonds. The molecule has 3 unspecified atom stereocenters. The normalized spacial score (nSPS) is 28.8. The molecule has 72 valence electrons. The van der Waals surface area contributed by atoms with Crippen LogP contribution in [0.3, 0.4) is 0 Å². The van der Waals surface area contributed by atoms with Crippen molar-refractivity contribution in [1.82, 2.24) is 5.32 Å². The molecule has 0 saturated heterocycles. The van der Waals surface area contributed by atoms with E-state index in [-0.39, 0.29) is 0 Å². The first kappa shape index (κ1) is 9.22. The van der Waals surface area contributed by atoms with Gasteiger partial charge in [-0.1, -0.05) is 6.92 Å². The lowest BCUT2D eigenvalue weighted by Crippen LogP contribution is -2.21. The van der Waals surface area contributed by atoms with Crippen LogP contribution in [0.1, 0.15) is 36.1 Å². The van der Waals surface area contributed by atoms with E-state index in [0.29, 0.717) is 6.04 Å². The SMILES string of the molecule is Cc1ccc(C(C)NC2CC2C)s1. The molecule has 1 aliphatic rings. The van der Waals surface area contributed by atoms with Crippen molar-refractivity contribution in [3.05, 3.63) is 21.9 Å². The Labute approximate surface area is 84.2 Å². The highest BCUT2D eigenvalue weighted by atomic mass is 32.1. The highest BCUT2D eigenvalue weighted by molar-refractivity contribution is 7.12. The van der Waals surface area contributed by atoms with Crippen molar-refractivity contribution in [3.63, 3.8) is 0 Å². The summed E-state index contributed by atoms with van der Waals surface area (Å²) in [6, 6.07) is 5.75. The van der Waals surface area contributed by atoms with Crippen molar-refractivity contribution in [2.45, 2.75) is 39.3 Å². The Morgan fingerprint density at radius 2 is 2.23 bits per heavy atom. The Kier molecular flexibility index (Phi) is 2.43. The van der Waals surface area contributed by atoms with Crippen LogP contribution in [0.25, 0.3) is 0 Å². The van der Waals surface area contributed by atoms with Gasteiger partial charge in [-0.25, -0.2) is 0 Å². The fourth-order valence-corrected chi connectivity index (χ4v) is 2.53. The second-order valence-corrected chi connectivity index (χ2v) is 5.48. The minimum absolute atomic E-state index is 0.536. The Morgan fingerprint density at radius 1 is 1.54 bits per heavy atom. The zero-order chi connectivity index (χ0) is 9.42. The molecular weight excluding hydrogens is 178 g/mol. The summed E-state index contributed by atoms with van der Waals surface area (Å²) in [5, 5.41) is 3.64. The summed E-state index contributed by atoms with van der Waals surface area (Å²) in [7, 11) is 0. The van der Waals surface area contributed by atoms with Gasteiger partial charge in [-0.3, -0.25) is 0 Å². The lowest BCUT2D eigenvalue weighted by atomic mass is 10.2. The van der Waals surface area contributed by atoms with E-state index in [4.69, 9.17) is 0 Å². The predicted molar refractivity (Wildman–Crippen MR) is 58.2 cm³/mol. The molecule has 0 spiro atoms. The van der Waals surface area contributed by atoms with Gasteiger partial charge in [0.2, 0.25) is 0 Å². The van der Waals surface area contributed by atoms with Gasteiger partial charge < -0.3 is 5.32 Å². The summed E-state index contributed by atoms with van der Waals surface area (Å²) >= 11 is 1.90. The summed E-state index contributed by atoms with van der Waals surface area (Å²) in [5.74, 6) is 0.892. The molecule has 0 aliphatic heterocycles. The molecule has 3 atom stereocenters. The molecule has 1 N–H and O–H groups in total. The monoisotopic (exact) mass is 195 g/mol. The third-order valence-electron chi connectivity index (χ3n) is 2.76. The smallest absolute Gasteiger partial charge is 0.0388 e. The van der Waals surface area contributed by atoms with Gasteiger partial charge in [-0.2, -0.15) is 0 Å². The van der Waals surface area contributed by atoms with Gasteiger partial charge in [0.1, 0.15) is 0 Å². The molecule has 2 rings (SSSR count). The molecule has 1 aliphatic carbocycles. The zero-order valence-electron chi connectivity index (χ0n) is 8.50. The molecule has 1 nitrogen and oxygen atoms in total. The first-order valence-corrected chi connectivity index (χ1v) is 5.81. The topological polar surface area (TPSA) is 12.0 Å². The van der Waals surface area contributed by atoms with Crippen molar-refractivity contribution < 1.29 is 0 Å². The number of hydrogen-bond donors (Lipinski definition) is 1. The number of nitrogens with one attached hydrogen (secondary N) is 1. The van der Waals surface area contributed by atoms with Gasteiger partial charge in [-0.15, -0.1) is 11.3 Å². The molecule has 0 aromatic carbocycles. The molecule has 1 aromatic rings. The fourth-order valence-electron chi connectivity index (χ4n) is 1.64. The summed E-state index contributed by atoms with van der Waals surface area (Å²) in [6.07, 6.45) is 1.36. The van der Waals surface area contributed by atoms with Crippen LogP contribution in [0.2, 0.25) is 0 Å². The van der Waals surface area contributed by atoms with Crippen molar-refractivity contribution in [3.8, 4) is 0 Å². The van der Waals surface area contributed by atoms with E-state index in [9.17, 15) is 0 Å². The summed E-state index contributed by atoms with van der Waals surface area (Å²) in [6.45, 7) is 6.74. The Balaban J connectivity index is 1.93. The molecule has 1 saturated carbocycles. The van der Waals surface area contributed by atoms with Crippen LogP contribution in [0, 0.1) is 12.8 Å². The molecule has 13 heavy (non-hydrogen) atoms. The van der Waals surface area contributed by atoms with E-state index in [1.807, 2.05) is 11.3 Å². The van der Waals surface area contributed by atoms with Crippen LogP contribution in [-0.4, -0.2) is 6.04 Å². The second-order valence-electron chi connectivity index (χ2n) is 4.16. The first-order valence-electron chi connectivity index (χ1n) is 4.99. The summed E-state index contributed by atoms with van der Waals surface area (Å²) < 4.78 is 0. The molecule has 1 heterocycles. The molecule has 1 fully saturated rings. The summed E-state index contributed by atoms with van der Waals surface area (Å²) in [4.78, 5) is 2.88. The van der Waals surface area contributed by atoms with Gasteiger partial charge >= 0.3 is 0 Å². The van der Waals surface area contributed by atoms with Crippen molar-refractivity contribution in [1.29, 1.82) is 0 Å². The van der Waals surface area contributed by atoms with E-state index >= 15 is 0 Å². The highest BCUT2D eigenvalue weighted by Crippen LogP contribution is 2.32. The van der Waals surface area contributed by atoms with Crippen LogP contribution < -0.4 is 5.32 Å². The standard InChI is InChI=1S/C11H17NS/c1-7-6-10(7)12-9(3)11-5-4-8(2)13-11/h4-5,7,9-10,12H,6H2,1-3H3.